The van der Waals surface area contributed by atoms with E-state index in [9.17, 15) is 18.0 Å². The molecule has 2 aromatic carbocycles. The molecule has 2 aliphatic rings. The molecule has 1 atom stereocenters. The van der Waals surface area contributed by atoms with E-state index in [-0.39, 0.29) is 11.7 Å². The molecule has 0 unspecified atom stereocenters. The van der Waals surface area contributed by atoms with Crippen LogP contribution in [-0.2, 0) is 13.0 Å². The van der Waals surface area contributed by atoms with E-state index in [1.54, 1.807) is 4.90 Å². The van der Waals surface area contributed by atoms with Crippen molar-refractivity contribution in [2.75, 3.05) is 19.6 Å². The molecule has 0 bridgehead atoms. The monoisotopic (exact) mass is 390 g/mol. The highest BCUT2D eigenvalue weighted by molar-refractivity contribution is 5.94. The number of halogens is 3. The molecule has 148 valence electrons. The SMILES string of the molecule is O=C(c1ccc(OC(F)(F)F)cc1)N1CC[C@H](N2CCc3ccccc3C2)C1. The van der Waals surface area contributed by atoms with E-state index < -0.39 is 6.36 Å². The standard InChI is InChI=1S/C21H21F3N2O2/c22-21(23,24)28-19-7-5-16(6-8-19)20(27)26-12-10-18(14-26)25-11-9-15-3-1-2-4-17(15)13-25/h1-8,18H,9-14H2/t18-/m0/s1. The molecule has 0 aromatic heterocycles. The molecule has 0 saturated carbocycles. The van der Waals surface area contributed by atoms with Gasteiger partial charge in [-0.15, -0.1) is 13.2 Å². The van der Waals surface area contributed by atoms with Gasteiger partial charge in [-0.3, -0.25) is 9.69 Å². The summed E-state index contributed by atoms with van der Waals surface area (Å²) in [7, 11) is 0. The Labute approximate surface area is 161 Å². The number of nitrogens with zero attached hydrogens (tertiary/aromatic N) is 2. The first-order valence-corrected chi connectivity index (χ1v) is 9.35. The second kappa shape index (κ2) is 7.47. The number of rotatable bonds is 3. The first kappa shape index (κ1) is 18.8. The van der Waals surface area contributed by atoms with E-state index in [0.29, 0.717) is 24.7 Å². The van der Waals surface area contributed by atoms with Crippen LogP contribution in [0, 0.1) is 0 Å². The van der Waals surface area contributed by atoms with Crippen LogP contribution >= 0.6 is 0 Å². The topological polar surface area (TPSA) is 32.8 Å². The van der Waals surface area contributed by atoms with Crippen molar-refractivity contribution in [2.24, 2.45) is 0 Å². The molecule has 1 saturated heterocycles. The van der Waals surface area contributed by atoms with E-state index in [1.807, 2.05) is 0 Å². The van der Waals surface area contributed by atoms with Gasteiger partial charge in [-0.1, -0.05) is 24.3 Å². The first-order valence-electron chi connectivity index (χ1n) is 9.35. The third-order valence-corrected chi connectivity index (χ3v) is 5.46. The lowest BCUT2D eigenvalue weighted by Gasteiger charge is -2.33. The van der Waals surface area contributed by atoms with Gasteiger partial charge in [0.25, 0.3) is 5.91 Å². The molecule has 0 N–H and O–H groups in total. The Hall–Kier alpha value is -2.54. The van der Waals surface area contributed by atoms with Crippen LogP contribution in [0.25, 0.3) is 0 Å². The van der Waals surface area contributed by atoms with Crippen molar-refractivity contribution in [3.63, 3.8) is 0 Å². The zero-order valence-corrected chi connectivity index (χ0v) is 15.3. The minimum Gasteiger partial charge on any atom is -0.406 e. The van der Waals surface area contributed by atoms with Gasteiger partial charge in [0.1, 0.15) is 5.75 Å². The number of carbonyl (C=O) groups excluding carboxylic acids is 1. The summed E-state index contributed by atoms with van der Waals surface area (Å²) in [6.45, 7) is 3.17. The molecule has 0 spiro atoms. The molecule has 0 aliphatic carbocycles. The number of alkyl halides is 3. The highest BCUT2D eigenvalue weighted by atomic mass is 19.4. The minimum absolute atomic E-state index is 0.154. The van der Waals surface area contributed by atoms with Gasteiger partial charge in [0.2, 0.25) is 0 Å². The third-order valence-electron chi connectivity index (χ3n) is 5.46. The Balaban J connectivity index is 1.37. The maximum absolute atomic E-state index is 12.7. The summed E-state index contributed by atoms with van der Waals surface area (Å²) in [5, 5.41) is 0. The van der Waals surface area contributed by atoms with Crippen molar-refractivity contribution in [1.29, 1.82) is 0 Å². The molecular weight excluding hydrogens is 369 g/mol. The molecule has 2 aromatic rings. The van der Waals surface area contributed by atoms with Crippen LogP contribution in [-0.4, -0.2) is 47.7 Å². The lowest BCUT2D eigenvalue weighted by atomic mass is 9.98. The van der Waals surface area contributed by atoms with Gasteiger partial charge < -0.3 is 9.64 Å². The molecule has 7 heteroatoms. The fourth-order valence-corrected chi connectivity index (χ4v) is 4.04. The van der Waals surface area contributed by atoms with Crippen LogP contribution in [0.5, 0.6) is 5.75 Å². The van der Waals surface area contributed by atoms with E-state index in [2.05, 4.69) is 33.9 Å². The number of amides is 1. The lowest BCUT2D eigenvalue weighted by Crippen LogP contribution is -2.41. The van der Waals surface area contributed by atoms with Gasteiger partial charge in [0.15, 0.2) is 0 Å². The van der Waals surface area contributed by atoms with Crippen LogP contribution in [0.2, 0.25) is 0 Å². The number of carbonyl (C=O) groups is 1. The van der Waals surface area contributed by atoms with E-state index in [1.165, 1.54) is 35.4 Å². The molecule has 4 nitrogen and oxygen atoms in total. The molecule has 28 heavy (non-hydrogen) atoms. The number of hydrogen-bond acceptors (Lipinski definition) is 3. The van der Waals surface area contributed by atoms with Crippen molar-refractivity contribution >= 4 is 5.91 Å². The number of benzene rings is 2. The number of ether oxygens (including phenoxy) is 1. The zero-order valence-electron chi connectivity index (χ0n) is 15.3. The van der Waals surface area contributed by atoms with E-state index in [0.717, 1.165) is 25.9 Å². The van der Waals surface area contributed by atoms with Crippen molar-refractivity contribution < 1.29 is 22.7 Å². The maximum atomic E-state index is 12.7. The molecule has 1 fully saturated rings. The van der Waals surface area contributed by atoms with Crippen LogP contribution in [0.1, 0.15) is 27.9 Å². The Kier molecular flexibility index (Phi) is 5.02. The Morgan fingerprint density at radius 3 is 2.43 bits per heavy atom. The highest BCUT2D eigenvalue weighted by Gasteiger charge is 2.33. The van der Waals surface area contributed by atoms with Crippen molar-refractivity contribution in [3.05, 3.63) is 65.2 Å². The third kappa shape index (κ3) is 4.14. The minimum atomic E-state index is -4.74. The normalized spacial score (nSPS) is 20.1. The van der Waals surface area contributed by atoms with Crippen molar-refractivity contribution in [2.45, 2.75) is 31.8 Å². The van der Waals surface area contributed by atoms with Crippen LogP contribution in [0.4, 0.5) is 13.2 Å². The molecule has 0 radical (unpaired) electrons. The number of hydrogen-bond donors (Lipinski definition) is 0. The molecule has 2 heterocycles. The first-order chi connectivity index (χ1) is 13.4. The van der Waals surface area contributed by atoms with Crippen LogP contribution in [0.15, 0.2) is 48.5 Å². The molecule has 1 amide bonds. The smallest absolute Gasteiger partial charge is 0.406 e. The summed E-state index contributed by atoms with van der Waals surface area (Å²) in [5.41, 5.74) is 3.11. The number of fused-ring (bicyclic) bond motifs is 1. The molecule has 2 aliphatic heterocycles. The Morgan fingerprint density at radius 2 is 1.71 bits per heavy atom. The Morgan fingerprint density at radius 1 is 1.00 bits per heavy atom. The van der Waals surface area contributed by atoms with Gasteiger partial charge in [0, 0.05) is 37.8 Å². The van der Waals surface area contributed by atoms with Crippen LogP contribution < -0.4 is 4.74 Å². The fraction of sp³-hybridized carbons (Fsp3) is 0.381. The Bertz CT molecular complexity index is 851. The largest absolute Gasteiger partial charge is 0.573 e. The summed E-state index contributed by atoms with van der Waals surface area (Å²) in [4.78, 5) is 16.9. The predicted octanol–water partition coefficient (Wildman–Crippen LogP) is 3.86. The van der Waals surface area contributed by atoms with E-state index in [4.69, 9.17) is 0 Å². The van der Waals surface area contributed by atoms with Gasteiger partial charge in [-0.25, -0.2) is 0 Å². The quantitative estimate of drug-likeness (QED) is 0.798. The van der Waals surface area contributed by atoms with Crippen molar-refractivity contribution in [3.8, 4) is 5.75 Å². The van der Waals surface area contributed by atoms with Crippen LogP contribution in [0.3, 0.4) is 0 Å². The molecular formula is C21H21F3N2O2. The summed E-state index contributed by atoms with van der Waals surface area (Å²) >= 11 is 0. The second-order valence-corrected chi connectivity index (χ2v) is 7.26. The average molecular weight is 390 g/mol. The summed E-state index contributed by atoms with van der Waals surface area (Å²) < 4.78 is 40.6. The van der Waals surface area contributed by atoms with Gasteiger partial charge >= 0.3 is 6.36 Å². The zero-order chi connectivity index (χ0) is 19.7. The maximum Gasteiger partial charge on any atom is 0.573 e. The lowest BCUT2D eigenvalue weighted by molar-refractivity contribution is -0.274. The van der Waals surface area contributed by atoms with Crippen molar-refractivity contribution in [1.82, 2.24) is 9.80 Å². The van der Waals surface area contributed by atoms with E-state index >= 15 is 0 Å². The fourth-order valence-electron chi connectivity index (χ4n) is 4.04. The summed E-state index contributed by atoms with van der Waals surface area (Å²) in [6.07, 6.45) is -2.81. The average Bonchev–Trinajstić information content (AvgIpc) is 3.16. The summed E-state index contributed by atoms with van der Waals surface area (Å²) in [6, 6.07) is 13.9. The summed E-state index contributed by atoms with van der Waals surface area (Å²) in [5.74, 6) is -0.478. The molecule has 4 rings (SSSR count). The second-order valence-electron chi connectivity index (χ2n) is 7.26. The van der Waals surface area contributed by atoms with Gasteiger partial charge in [-0.2, -0.15) is 0 Å². The van der Waals surface area contributed by atoms with Gasteiger partial charge in [-0.05, 0) is 48.2 Å². The highest BCUT2D eigenvalue weighted by Crippen LogP contribution is 2.26. The predicted molar refractivity (Wildman–Crippen MR) is 98.0 cm³/mol. The van der Waals surface area contributed by atoms with Gasteiger partial charge in [0.05, 0.1) is 0 Å². The number of likely N-dealkylation sites (tertiary alicyclic amines) is 1.